The lowest BCUT2D eigenvalue weighted by Gasteiger charge is -2.11. The van der Waals surface area contributed by atoms with Crippen LogP contribution in [0.5, 0.6) is 11.5 Å². The van der Waals surface area contributed by atoms with Crippen molar-refractivity contribution in [3.8, 4) is 11.5 Å². The molecule has 0 saturated heterocycles. The average Bonchev–Trinajstić information content (AvgIpc) is 2.66. The predicted octanol–water partition coefficient (Wildman–Crippen LogP) is 6.97. The van der Waals surface area contributed by atoms with Gasteiger partial charge in [0, 0.05) is 0 Å². The average molecular weight is 383 g/mol. The fourth-order valence-corrected chi connectivity index (χ4v) is 4.09. The quantitative estimate of drug-likeness (QED) is 0.412. The minimum absolute atomic E-state index is 0.484. The van der Waals surface area contributed by atoms with Crippen molar-refractivity contribution in [2.75, 3.05) is 0 Å². The van der Waals surface area contributed by atoms with Gasteiger partial charge in [0.25, 0.3) is 0 Å². The topological polar surface area (TPSA) is 40.5 Å². The molecule has 0 fully saturated rings. The monoisotopic (exact) mass is 382 g/mol. The fraction of sp³-hybridized carbons (Fsp3) is 0.538. The van der Waals surface area contributed by atoms with Crippen molar-refractivity contribution in [3.63, 3.8) is 0 Å². The van der Waals surface area contributed by atoms with Crippen LogP contribution in [0, 0.1) is 13.8 Å². The molecule has 2 aromatic rings. The Hall–Kier alpha value is -1.96. The summed E-state index contributed by atoms with van der Waals surface area (Å²) in [5.74, 6) is 0.967. The molecule has 0 spiro atoms. The number of unbranched alkanes of at least 4 members (excludes halogenated alkanes) is 3. The second-order valence-corrected chi connectivity index (χ2v) is 8.26. The van der Waals surface area contributed by atoms with Gasteiger partial charge >= 0.3 is 0 Å². The van der Waals surface area contributed by atoms with E-state index in [-0.39, 0.29) is 0 Å². The van der Waals surface area contributed by atoms with Crippen LogP contribution in [0.15, 0.2) is 24.3 Å². The number of hydrogen-bond acceptors (Lipinski definition) is 2. The summed E-state index contributed by atoms with van der Waals surface area (Å²) < 4.78 is 0. The third-order valence-electron chi connectivity index (χ3n) is 5.60. The van der Waals surface area contributed by atoms with Gasteiger partial charge in [0.1, 0.15) is 11.5 Å². The van der Waals surface area contributed by atoms with E-state index >= 15 is 0 Å². The van der Waals surface area contributed by atoms with E-state index < -0.39 is 0 Å². The van der Waals surface area contributed by atoms with Gasteiger partial charge in [-0.15, -0.1) is 0 Å². The Morgan fingerprint density at radius 3 is 1.32 bits per heavy atom. The fourth-order valence-electron chi connectivity index (χ4n) is 4.09. The third kappa shape index (κ3) is 6.29. The number of phenols is 2. The molecule has 0 saturated carbocycles. The Bertz CT molecular complexity index is 696. The Morgan fingerprint density at radius 2 is 0.964 bits per heavy atom. The SMILES string of the molecule is CCCc1cc(CCCCCCc2cc(C)c(O)c(CCC)c2)cc(C)c1O. The zero-order chi connectivity index (χ0) is 20.5. The lowest BCUT2D eigenvalue weighted by atomic mass is 9.96. The predicted molar refractivity (Wildman–Crippen MR) is 120 cm³/mol. The van der Waals surface area contributed by atoms with Crippen LogP contribution in [0.4, 0.5) is 0 Å². The van der Waals surface area contributed by atoms with Crippen LogP contribution in [0.1, 0.15) is 85.8 Å². The van der Waals surface area contributed by atoms with E-state index in [9.17, 15) is 10.2 Å². The van der Waals surface area contributed by atoms with Crippen LogP contribution in [0.3, 0.4) is 0 Å². The second kappa shape index (κ2) is 11.1. The lowest BCUT2D eigenvalue weighted by Crippen LogP contribution is -1.95. The van der Waals surface area contributed by atoms with Gasteiger partial charge in [-0.3, -0.25) is 0 Å². The zero-order valence-corrected chi connectivity index (χ0v) is 18.3. The summed E-state index contributed by atoms with van der Waals surface area (Å²) in [4.78, 5) is 0. The van der Waals surface area contributed by atoms with Gasteiger partial charge in [-0.25, -0.2) is 0 Å². The lowest BCUT2D eigenvalue weighted by molar-refractivity contribution is 0.462. The van der Waals surface area contributed by atoms with Crippen molar-refractivity contribution in [1.29, 1.82) is 0 Å². The van der Waals surface area contributed by atoms with Crippen molar-refractivity contribution in [1.82, 2.24) is 0 Å². The summed E-state index contributed by atoms with van der Waals surface area (Å²) in [6.45, 7) is 8.32. The maximum Gasteiger partial charge on any atom is 0.121 e. The zero-order valence-electron chi connectivity index (χ0n) is 18.3. The van der Waals surface area contributed by atoms with E-state index in [0.717, 1.165) is 60.8 Å². The summed E-state index contributed by atoms with van der Waals surface area (Å²) in [7, 11) is 0. The molecule has 28 heavy (non-hydrogen) atoms. The molecule has 0 unspecified atom stereocenters. The molecule has 0 bridgehead atoms. The van der Waals surface area contributed by atoms with E-state index in [1.165, 1.54) is 36.8 Å². The van der Waals surface area contributed by atoms with Crippen LogP contribution in [0.2, 0.25) is 0 Å². The molecule has 2 rings (SSSR count). The Morgan fingerprint density at radius 1 is 0.571 bits per heavy atom. The maximum atomic E-state index is 10.2. The van der Waals surface area contributed by atoms with Gasteiger partial charge in [0.15, 0.2) is 0 Å². The minimum Gasteiger partial charge on any atom is -0.507 e. The molecule has 0 aliphatic carbocycles. The molecule has 0 atom stereocenters. The van der Waals surface area contributed by atoms with Gasteiger partial charge in [-0.2, -0.15) is 0 Å². The molecular formula is C26H38O2. The Labute approximate surface area is 171 Å². The summed E-state index contributed by atoms with van der Waals surface area (Å²) in [5.41, 5.74) is 6.93. The van der Waals surface area contributed by atoms with Crippen LogP contribution in [-0.2, 0) is 25.7 Å². The largest absolute Gasteiger partial charge is 0.507 e. The first-order valence-electron chi connectivity index (χ1n) is 11.1. The van der Waals surface area contributed by atoms with Crippen LogP contribution in [0.25, 0.3) is 0 Å². The van der Waals surface area contributed by atoms with E-state index in [4.69, 9.17) is 0 Å². The van der Waals surface area contributed by atoms with Crippen LogP contribution in [-0.4, -0.2) is 10.2 Å². The first-order valence-corrected chi connectivity index (χ1v) is 11.1. The summed E-state index contributed by atoms with van der Waals surface area (Å²) in [5, 5.41) is 20.4. The maximum absolute atomic E-state index is 10.2. The molecule has 2 N–H and O–H groups in total. The van der Waals surface area contributed by atoms with Crippen LogP contribution >= 0.6 is 0 Å². The summed E-state index contributed by atoms with van der Waals surface area (Å²) in [6, 6.07) is 8.67. The standard InChI is InChI=1S/C26H38O2/c1-5-11-23-17-21(15-19(3)25(23)27)13-9-7-8-10-14-22-16-20(4)26(28)24(18-22)12-6-2/h15-18,27-28H,5-14H2,1-4H3. The number of aryl methyl sites for hydroxylation is 6. The van der Waals surface area contributed by atoms with Gasteiger partial charge in [-0.1, -0.05) is 63.8 Å². The van der Waals surface area contributed by atoms with E-state index in [0.29, 0.717) is 11.5 Å². The van der Waals surface area contributed by atoms with Crippen molar-refractivity contribution in [2.45, 2.75) is 91.9 Å². The van der Waals surface area contributed by atoms with Crippen molar-refractivity contribution in [3.05, 3.63) is 57.6 Å². The van der Waals surface area contributed by atoms with Gasteiger partial charge in [-0.05, 0) is 85.8 Å². The number of rotatable bonds is 11. The minimum atomic E-state index is 0.484. The first kappa shape index (κ1) is 22.3. The number of phenolic OH excluding ortho intramolecular Hbond substituents is 2. The summed E-state index contributed by atoms with van der Waals surface area (Å²) in [6.07, 6.45) is 11.1. The summed E-state index contributed by atoms with van der Waals surface area (Å²) >= 11 is 0. The molecule has 154 valence electrons. The normalized spacial score (nSPS) is 11.1. The van der Waals surface area contributed by atoms with E-state index in [1.54, 1.807) is 0 Å². The number of benzene rings is 2. The van der Waals surface area contributed by atoms with Gasteiger partial charge in [0.2, 0.25) is 0 Å². The molecule has 2 nitrogen and oxygen atoms in total. The highest BCUT2D eigenvalue weighted by atomic mass is 16.3. The van der Waals surface area contributed by atoms with Crippen molar-refractivity contribution in [2.24, 2.45) is 0 Å². The van der Waals surface area contributed by atoms with Gasteiger partial charge in [0.05, 0.1) is 0 Å². The van der Waals surface area contributed by atoms with Gasteiger partial charge < -0.3 is 10.2 Å². The Kier molecular flexibility index (Phi) is 8.89. The van der Waals surface area contributed by atoms with Crippen LogP contribution < -0.4 is 0 Å². The molecule has 0 aliphatic rings. The molecule has 0 heterocycles. The highest BCUT2D eigenvalue weighted by Crippen LogP contribution is 2.27. The van der Waals surface area contributed by atoms with E-state index in [2.05, 4.69) is 38.1 Å². The second-order valence-electron chi connectivity index (χ2n) is 8.26. The van der Waals surface area contributed by atoms with E-state index in [1.807, 2.05) is 13.8 Å². The smallest absolute Gasteiger partial charge is 0.121 e. The Balaban J connectivity index is 1.78. The highest BCUT2D eigenvalue weighted by molar-refractivity contribution is 5.44. The molecule has 0 aliphatic heterocycles. The van der Waals surface area contributed by atoms with Crippen molar-refractivity contribution < 1.29 is 10.2 Å². The number of aromatic hydroxyl groups is 2. The first-order chi connectivity index (χ1) is 13.5. The highest BCUT2D eigenvalue weighted by Gasteiger charge is 2.08. The molecule has 0 aromatic heterocycles. The molecule has 0 amide bonds. The third-order valence-corrected chi connectivity index (χ3v) is 5.60. The number of hydrogen-bond donors (Lipinski definition) is 2. The molecular weight excluding hydrogens is 344 g/mol. The molecule has 2 aromatic carbocycles. The molecule has 0 radical (unpaired) electrons. The van der Waals surface area contributed by atoms with Crippen molar-refractivity contribution >= 4 is 0 Å². The molecule has 2 heteroatoms.